The van der Waals surface area contributed by atoms with Crippen LogP contribution in [0.3, 0.4) is 0 Å². The van der Waals surface area contributed by atoms with Gasteiger partial charge in [0.25, 0.3) is 6.43 Å². The second kappa shape index (κ2) is 4.24. The van der Waals surface area contributed by atoms with Crippen LogP contribution in [0.1, 0.15) is 69.2 Å². The summed E-state index contributed by atoms with van der Waals surface area (Å²) in [6, 6.07) is -0.286. The van der Waals surface area contributed by atoms with E-state index in [9.17, 15) is 17.6 Å². The van der Waals surface area contributed by atoms with Crippen molar-refractivity contribution in [2.45, 2.75) is 57.9 Å². The van der Waals surface area contributed by atoms with Crippen molar-refractivity contribution in [3.05, 3.63) is 17.0 Å². The minimum atomic E-state index is -2.88. The zero-order valence-electron chi connectivity index (χ0n) is 10.6. The molecule has 1 aliphatic carbocycles. The van der Waals surface area contributed by atoms with Crippen molar-refractivity contribution in [1.29, 1.82) is 0 Å². The quantitative estimate of drug-likeness (QED) is 0.724. The van der Waals surface area contributed by atoms with Gasteiger partial charge in [-0.25, -0.2) is 17.6 Å². The first-order chi connectivity index (χ1) is 8.25. The number of alkyl halides is 4. The first kappa shape index (κ1) is 13.4. The fourth-order valence-electron chi connectivity index (χ4n) is 2.49. The summed E-state index contributed by atoms with van der Waals surface area (Å²) in [5.74, 6) is 0. The molecule has 0 amide bonds. The molecule has 0 aromatic carbocycles. The van der Waals surface area contributed by atoms with Crippen LogP contribution in [0.25, 0.3) is 0 Å². The first-order valence-electron chi connectivity index (χ1n) is 5.99. The molecule has 1 heterocycles. The predicted molar refractivity (Wildman–Crippen MR) is 59.1 cm³/mol. The van der Waals surface area contributed by atoms with Crippen LogP contribution < -0.4 is 0 Å². The average molecular weight is 264 g/mol. The Balaban J connectivity index is 2.70. The Morgan fingerprint density at radius 1 is 1.39 bits per heavy atom. The summed E-state index contributed by atoms with van der Waals surface area (Å²) in [5.41, 5.74) is -2.68. The van der Waals surface area contributed by atoms with Crippen molar-refractivity contribution < 1.29 is 17.6 Å². The molecule has 0 saturated carbocycles. The molecular formula is C12H16F4N2. The van der Waals surface area contributed by atoms with E-state index in [-0.39, 0.29) is 30.1 Å². The molecule has 2 rings (SSSR count). The van der Waals surface area contributed by atoms with Crippen molar-refractivity contribution >= 4 is 0 Å². The number of hydrogen-bond acceptors (Lipinski definition) is 1. The number of fused-ring (bicyclic) bond motifs is 1. The van der Waals surface area contributed by atoms with Gasteiger partial charge in [0.15, 0.2) is 0 Å². The summed E-state index contributed by atoms with van der Waals surface area (Å²) in [7, 11) is 0. The predicted octanol–water partition coefficient (Wildman–Crippen LogP) is 4.39. The molecule has 102 valence electrons. The van der Waals surface area contributed by atoms with E-state index in [1.165, 1.54) is 11.6 Å². The zero-order valence-corrected chi connectivity index (χ0v) is 10.6. The molecule has 1 aromatic rings. The lowest BCUT2D eigenvalue weighted by molar-refractivity contribution is 0.111. The Kier molecular flexibility index (Phi) is 3.15. The highest BCUT2D eigenvalue weighted by molar-refractivity contribution is 5.36. The number of halogens is 4. The van der Waals surface area contributed by atoms with Gasteiger partial charge in [0.05, 0.1) is 5.69 Å². The maximum absolute atomic E-state index is 14.5. The van der Waals surface area contributed by atoms with Crippen LogP contribution in [0, 0.1) is 0 Å². The van der Waals surface area contributed by atoms with E-state index in [2.05, 4.69) is 5.10 Å². The van der Waals surface area contributed by atoms with Crippen LogP contribution in [0.2, 0.25) is 0 Å². The summed E-state index contributed by atoms with van der Waals surface area (Å²) in [6.45, 7) is 4.72. The molecule has 0 N–H and O–H groups in total. The van der Waals surface area contributed by atoms with E-state index in [1.807, 2.05) is 0 Å². The maximum Gasteiger partial charge on any atom is 0.282 e. The highest BCUT2D eigenvalue weighted by Gasteiger charge is 2.44. The molecule has 6 heteroatoms. The van der Waals surface area contributed by atoms with E-state index in [0.717, 1.165) is 0 Å². The van der Waals surface area contributed by atoms with Gasteiger partial charge in [0.2, 0.25) is 0 Å². The fraction of sp³-hybridized carbons (Fsp3) is 0.750. The normalized spacial score (nSPS) is 27.9. The van der Waals surface area contributed by atoms with Gasteiger partial charge >= 0.3 is 0 Å². The molecule has 0 spiro atoms. The fourth-order valence-corrected chi connectivity index (χ4v) is 2.49. The monoisotopic (exact) mass is 264 g/mol. The number of nitrogens with zero attached hydrogens (tertiary/aromatic N) is 2. The van der Waals surface area contributed by atoms with Crippen molar-refractivity contribution in [3.8, 4) is 0 Å². The Morgan fingerprint density at radius 3 is 2.50 bits per heavy atom. The van der Waals surface area contributed by atoms with Crippen LogP contribution in [0.15, 0.2) is 0 Å². The van der Waals surface area contributed by atoms with E-state index in [0.29, 0.717) is 0 Å². The van der Waals surface area contributed by atoms with Gasteiger partial charge in [-0.1, -0.05) is 0 Å². The van der Waals surface area contributed by atoms with Gasteiger partial charge in [-0.05, 0) is 33.6 Å². The zero-order chi connectivity index (χ0) is 13.7. The van der Waals surface area contributed by atoms with Gasteiger partial charge in [-0.3, -0.25) is 4.68 Å². The van der Waals surface area contributed by atoms with E-state index < -0.39 is 24.0 Å². The van der Waals surface area contributed by atoms with Crippen molar-refractivity contribution in [3.63, 3.8) is 0 Å². The minimum Gasteiger partial charge on any atom is -0.263 e. The van der Waals surface area contributed by atoms with E-state index in [1.54, 1.807) is 13.8 Å². The molecule has 0 bridgehead atoms. The van der Waals surface area contributed by atoms with Gasteiger partial charge in [-0.2, -0.15) is 5.10 Å². The molecule has 2 unspecified atom stereocenters. The lowest BCUT2D eigenvalue weighted by Crippen LogP contribution is -2.27. The summed E-state index contributed by atoms with van der Waals surface area (Å²) >= 11 is 0. The highest BCUT2D eigenvalue weighted by atomic mass is 19.3. The lowest BCUT2D eigenvalue weighted by Gasteiger charge is -2.30. The Labute approximate surface area is 103 Å². The van der Waals surface area contributed by atoms with Crippen molar-refractivity contribution in [2.75, 3.05) is 0 Å². The van der Waals surface area contributed by atoms with Crippen LogP contribution in [-0.4, -0.2) is 9.78 Å². The SMILES string of the molecule is CC(C)n1nc(C(F)F)c2c1C(C)(F)CCC2F. The topological polar surface area (TPSA) is 17.8 Å². The van der Waals surface area contributed by atoms with Crippen molar-refractivity contribution in [1.82, 2.24) is 9.78 Å². The molecular weight excluding hydrogens is 248 g/mol. The van der Waals surface area contributed by atoms with E-state index in [4.69, 9.17) is 0 Å². The van der Waals surface area contributed by atoms with Crippen LogP contribution in [-0.2, 0) is 5.67 Å². The molecule has 1 aromatic heterocycles. The second-order valence-electron chi connectivity index (χ2n) is 5.19. The molecule has 0 aliphatic heterocycles. The highest BCUT2D eigenvalue weighted by Crippen LogP contribution is 2.48. The smallest absolute Gasteiger partial charge is 0.263 e. The lowest BCUT2D eigenvalue weighted by atomic mass is 9.84. The molecule has 18 heavy (non-hydrogen) atoms. The summed E-state index contributed by atoms with van der Waals surface area (Å²) in [6.07, 6.45) is -4.53. The third kappa shape index (κ3) is 1.91. The number of rotatable bonds is 2. The van der Waals surface area contributed by atoms with Crippen LogP contribution >= 0.6 is 0 Å². The van der Waals surface area contributed by atoms with Gasteiger partial charge < -0.3 is 0 Å². The van der Waals surface area contributed by atoms with E-state index >= 15 is 0 Å². The molecule has 1 aliphatic rings. The Morgan fingerprint density at radius 2 is 2.00 bits per heavy atom. The van der Waals surface area contributed by atoms with Gasteiger partial charge in [-0.15, -0.1) is 0 Å². The number of aromatic nitrogens is 2. The van der Waals surface area contributed by atoms with Crippen LogP contribution in [0.5, 0.6) is 0 Å². The standard InChI is InChI=1S/C12H16F4N2/c1-6(2)18-10-8(9(17-18)11(14)15)7(13)4-5-12(10,3)16/h6-7,11H,4-5H2,1-3H3. The van der Waals surface area contributed by atoms with Gasteiger partial charge in [0.1, 0.15) is 17.5 Å². The van der Waals surface area contributed by atoms with Crippen molar-refractivity contribution in [2.24, 2.45) is 0 Å². The maximum atomic E-state index is 14.5. The summed E-state index contributed by atoms with van der Waals surface area (Å²) in [5, 5.41) is 3.72. The third-order valence-corrected chi connectivity index (χ3v) is 3.35. The molecule has 0 saturated heterocycles. The molecule has 0 fully saturated rings. The summed E-state index contributed by atoms with van der Waals surface area (Å²) in [4.78, 5) is 0. The number of hydrogen-bond donors (Lipinski definition) is 0. The third-order valence-electron chi connectivity index (χ3n) is 3.35. The molecule has 2 atom stereocenters. The largest absolute Gasteiger partial charge is 0.282 e. The van der Waals surface area contributed by atoms with Crippen LogP contribution in [0.4, 0.5) is 17.6 Å². The molecule has 2 nitrogen and oxygen atoms in total. The summed E-state index contributed by atoms with van der Waals surface area (Å²) < 4.78 is 55.3. The first-order valence-corrected chi connectivity index (χ1v) is 5.99. The second-order valence-corrected chi connectivity index (χ2v) is 5.19. The van der Waals surface area contributed by atoms with Gasteiger partial charge in [0, 0.05) is 11.6 Å². The Bertz CT molecular complexity index is 451. The Hall–Kier alpha value is -1.07. The molecule has 0 radical (unpaired) electrons. The minimum absolute atomic E-state index is 0.0116. The average Bonchev–Trinajstić information content (AvgIpc) is 2.66.